The minimum absolute atomic E-state index is 0.0222. The molecule has 0 aromatic heterocycles. The Hall–Kier alpha value is -1.64. The molecule has 0 radical (unpaired) electrons. The van der Waals surface area contributed by atoms with Crippen LogP contribution in [0.15, 0.2) is 24.3 Å². The number of carbonyl (C=O) groups is 1. The second-order valence-corrected chi connectivity index (χ2v) is 9.25. The topological polar surface area (TPSA) is 87.7 Å². The van der Waals surface area contributed by atoms with Crippen molar-refractivity contribution in [2.24, 2.45) is 0 Å². The van der Waals surface area contributed by atoms with Crippen LogP contribution in [0, 0.1) is 0 Å². The highest BCUT2D eigenvalue weighted by Gasteiger charge is 2.22. The van der Waals surface area contributed by atoms with Crippen LogP contribution in [0.25, 0.3) is 0 Å². The molecule has 7 nitrogen and oxygen atoms in total. The maximum atomic E-state index is 12.4. The standard InChI is InChI=1S/C19H31N3O4S/c1-14(2)21-27(24,25)13-18-7-5-17(6-8-18)11-20-19(23)22-10-9-15(3)26-16(4)12-22/h5-8,14-16,21H,9-13H2,1-4H3,(H,20,23)/t15-,16+/m1/s1. The van der Waals surface area contributed by atoms with Crippen LogP contribution in [-0.4, -0.2) is 50.7 Å². The number of rotatable bonds is 6. The molecule has 0 aliphatic carbocycles. The predicted octanol–water partition coefficient (Wildman–Crippen LogP) is 2.22. The summed E-state index contributed by atoms with van der Waals surface area (Å²) in [7, 11) is -3.34. The average molecular weight is 398 g/mol. The predicted molar refractivity (Wildman–Crippen MR) is 106 cm³/mol. The minimum atomic E-state index is -3.34. The fourth-order valence-electron chi connectivity index (χ4n) is 3.09. The number of nitrogens with zero attached hydrogens (tertiary/aromatic N) is 1. The molecule has 0 spiro atoms. The first kappa shape index (κ1) is 21.7. The van der Waals surface area contributed by atoms with Crippen LogP contribution in [0.4, 0.5) is 4.79 Å². The highest BCUT2D eigenvalue weighted by Crippen LogP contribution is 2.12. The van der Waals surface area contributed by atoms with Gasteiger partial charge in [-0.3, -0.25) is 0 Å². The molecule has 0 bridgehead atoms. The first-order chi connectivity index (χ1) is 12.6. The van der Waals surface area contributed by atoms with E-state index >= 15 is 0 Å². The lowest BCUT2D eigenvalue weighted by atomic mass is 10.1. The number of sulfonamides is 1. The molecule has 1 fully saturated rings. The number of ether oxygens (including phenoxy) is 1. The smallest absolute Gasteiger partial charge is 0.317 e. The lowest BCUT2D eigenvalue weighted by Gasteiger charge is -2.22. The molecule has 1 aromatic rings. The second-order valence-electron chi connectivity index (χ2n) is 7.50. The van der Waals surface area contributed by atoms with E-state index in [1.165, 1.54) is 0 Å². The number of amides is 2. The molecular weight excluding hydrogens is 366 g/mol. The van der Waals surface area contributed by atoms with Crippen molar-refractivity contribution >= 4 is 16.1 Å². The van der Waals surface area contributed by atoms with Gasteiger partial charge in [-0.05, 0) is 45.2 Å². The number of nitrogens with one attached hydrogen (secondary N) is 2. The maximum absolute atomic E-state index is 12.4. The Kier molecular flexibility index (Phi) is 7.64. The number of urea groups is 1. The van der Waals surface area contributed by atoms with Crippen LogP contribution in [0.2, 0.25) is 0 Å². The van der Waals surface area contributed by atoms with Crippen molar-refractivity contribution in [1.82, 2.24) is 14.9 Å². The summed E-state index contributed by atoms with van der Waals surface area (Å²) >= 11 is 0. The highest BCUT2D eigenvalue weighted by atomic mass is 32.2. The van der Waals surface area contributed by atoms with E-state index < -0.39 is 10.0 Å². The van der Waals surface area contributed by atoms with Crippen molar-refractivity contribution in [2.45, 2.75) is 64.7 Å². The number of benzene rings is 1. The third-order valence-electron chi connectivity index (χ3n) is 4.27. The summed E-state index contributed by atoms with van der Waals surface area (Å²) in [5, 5.41) is 2.93. The van der Waals surface area contributed by atoms with Crippen molar-refractivity contribution < 1.29 is 17.9 Å². The minimum Gasteiger partial charge on any atom is -0.374 e. The summed E-state index contributed by atoms with van der Waals surface area (Å²) < 4.78 is 32.3. The molecule has 1 heterocycles. The van der Waals surface area contributed by atoms with Crippen molar-refractivity contribution in [3.05, 3.63) is 35.4 Å². The van der Waals surface area contributed by atoms with Crippen LogP contribution >= 0.6 is 0 Å². The van der Waals surface area contributed by atoms with Gasteiger partial charge in [0.2, 0.25) is 10.0 Å². The van der Waals surface area contributed by atoms with Gasteiger partial charge in [0.1, 0.15) is 0 Å². The Morgan fingerprint density at radius 3 is 2.44 bits per heavy atom. The SMILES string of the molecule is CC(C)NS(=O)(=O)Cc1ccc(CNC(=O)N2CC[C@@H](C)O[C@@H](C)C2)cc1. The zero-order valence-electron chi connectivity index (χ0n) is 16.6. The van der Waals surface area contributed by atoms with Crippen LogP contribution in [-0.2, 0) is 27.1 Å². The van der Waals surface area contributed by atoms with Gasteiger partial charge in [0.15, 0.2) is 0 Å². The molecule has 27 heavy (non-hydrogen) atoms. The van der Waals surface area contributed by atoms with Crippen LogP contribution in [0.3, 0.4) is 0 Å². The van der Waals surface area contributed by atoms with E-state index in [-0.39, 0.29) is 30.0 Å². The van der Waals surface area contributed by atoms with Crippen molar-refractivity contribution in [1.29, 1.82) is 0 Å². The van der Waals surface area contributed by atoms with E-state index in [0.717, 1.165) is 12.0 Å². The average Bonchev–Trinajstić information content (AvgIpc) is 2.72. The molecule has 1 saturated heterocycles. The molecule has 0 saturated carbocycles. The lowest BCUT2D eigenvalue weighted by molar-refractivity contribution is 0.0160. The molecule has 8 heteroatoms. The van der Waals surface area contributed by atoms with E-state index in [9.17, 15) is 13.2 Å². The Labute approximate surface area is 162 Å². The highest BCUT2D eigenvalue weighted by molar-refractivity contribution is 7.88. The third kappa shape index (κ3) is 7.48. The van der Waals surface area contributed by atoms with Crippen LogP contribution in [0.1, 0.15) is 45.2 Å². The van der Waals surface area contributed by atoms with Crippen LogP contribution in [0.5, 0.6) is 0 Å². The molecule has 1 aromatic carbocycles. The Balaban J connectivity index is 1.86. The normalized spacial score (nSPS) is 21.1. The summed E-state index contributed by atoms with van der Waals surface area (Å²) in [5.74, 6) is -0.0539. The zero-order valence-corrected chi connectivity index (χ0v) is 17.4. The molecule has 2 N–H and O–H groups in total. The van der Waals surface area contributed by atoms with E-state index in [4.69, 9.17) is 4.74 Å². The number of carbonyl (C=O) groups excluding carboxylic acids is 1. The monoisotopic (exact) mass is 397 g/mol. The van der Waals surface area contributed by atoms with Gasteiger partial charge in [0, 0.05) is 25.7 Å². The maximum Gasteiger partial charge on any atom is 0.317 e. The largest absolute Gasteiger partial charge is 0.374 e. The summed E-state index contributed by atoms with van der Waals surface area (Å²) in [5.41, 5.74) is 1.64. The van der Waals surface area contributed by atoms with E-state index in [1.807, 2.05) is 26.0 Å². The van der Waals surface area contributed by atoms with Gasteiger partial charge in [-0.15, -0.1) is 0 Å². The summed E-state index contributed by atoms with van der Waals surface area (Å²) in [6, 6.07) is 7.02. The molecule has 0 unspecified atom stereocenters. The molecule has 2 atom stereocenters. The lowest BCUT2D eigenvalue weighted by Crippen LogP contribution is -2.42. The van der Waals surface area contributed by atoms with Gasteiger partial charge in [-0.25, -0.2) is 17.9 Å². The van der Waals surface area contributed by atoms with Gasteiger partial charge in [0.25, 0.3) is 0 Å². The Bertz CT molecular complexity index is 719. The molecular formula is C19H31N3O4S. The first-order valence-corrected chi connectivity index (χ1v) is 11.1. The number of hydrogen-bond acceptors (Lipinski definition) is 4. The third-order valence-corrected chi connectivity index (χ3v) is 5.82. The van der Waals surface area contributed by atoms with Gasteiger partial charge in [0.05, 0.1) is 18.0 Å². The molecule has 152 valence electrons. The van der Waals surface area contributed by atoms with Crippen LogP contribution < -0.4 is 10.0 Å². The van der Waals surface area contributed by atoms with E-state index in [1.54, 1.807) is 30.9 Å². The second kappa shape index (κ2) is 9.52. The molecule has 1 aliphatic rings. The zero-order chi connectivity index (χ0) is 20.0. The summed E-state index contributed by atoms with van der Waals surface area (Å²) in [4.78, 5) is 14.2. The molecule has 1 aliphatic heterocycles. The summed E-state index contributed by atoms with van der Waals surface area (Å²) in [6.45, 7) is 9.24. The summed E-state index contributed by atoms with van der Waals surface area (Å²) in [6.07, 6.45) is 1.01. The fraction of sp³-hybridized carbons (Fsp3) is 0.632. The van der Waals surface area contributed by atoms with Gasteiger partial charge in [-0.2, -0.15) is 0 Å². The fourth-order valence-corrected chi connectivity index (χ4v) is 4.53. The van der Waals surface area contributed by atoms with Crippen molar-refractivity contribution in [3.63, 3.8) is 0 Å². The van der Waals surface area contributed by atoms with Gasteiger partial charge < -0.3 is 15.0 Å². The molecule has 2 rings (SSSR count). The first-order valence-electron chi connectivity index (χ1n) is 9.40. The van der Waals surface area contributed by atoms with E-state index in [2.05, 4.69) is 10.0 Å². The van der Waals surface area contributed by atoms with Gasteiger partial charge in [-0.1, -0.05) is 24.3 Å². The van der Waals surface area contributed by atoms with Crippen molar-refractivity contribution in [2.75, 3.05) is 13.1 Å². The Morgan fingerprint density at radius 2 is 1.81 bits per heavy atom. The van der Waals surface area contributed by atoms with E-state index in [0.29, 0.717) is 25.2 Å². The molecule has 2 amide bonds. The van der Waals surface area contributed by atoms with Gasteiger partial charge >= 0.3 is 6.03 Å². The van der Waals surface area contributed by atoms with Crippen molar-refractivity contribution in [3.8, 4) is 0 Å². The Morgan fingerprint density at radius 1 is 1.19 bits per heavy atom. The number of hydrogen-bond donors (Lipinski definition) is 2. The quantitative estimate of drug-likeness (QED) is 0.770.